The minimum absolute atomic E-state index is 0.0424. The number of ether oxygens (including phenoxy) is 2. The zero-order valence-corrected chi connectivity index (χ0v) is 26.4. The Morgan fingerprint density at radius 2 is 1.93 bits per heavy atom. The van der Waals surface area contributed by atoms with Crippen LogP contribution in [0.3, 0.4) is 0 Å². The highest BCUT2D eigenvalue weighted by Gasteiger charge is 2.54. The molecule has 246 valence electrons. The molecule has 3 aliphatic rings. The lowest BCUT2D eigenvalue weighted by molar-refractivity contribution is -0.279. The summed E-state index contributed by atoms with van der Waals surface area (Å²) in [7, 11) is 1.46. The van der Waals surface area contributed by atoms with Gasteiger partial charge in [-0.15, -0.1) is 0 Å². The molecule has 6 atom stereocenters. The van der Waals surface area contributed by atoms with Crippen molar-refractivity contribution in [1.82, 2.24) is 20.2 Å². The molecule has 3 fully saturated rings. The van der Waals surface area contributed by atoms with Crippen molar-refractivity contribution in [2.24, 2.45) is 29.6 Å². The van der Waals surface area contributed by atoms with E-state index >= 15 is 8.78 Å². The number of likely N-dealkylation sites (tertiary alicyclic amines) is 1. The van der Waals surface area contributed by atoms with E-state index < -0.39 is 36.1 Å². The number of benzene rings is 1. The minimum atomic E-state index is -3.43. The van der Waals surface area contributed by atoms with Crippen molar-refractivity contribution in [3.05, 3.63) is 23.9 Å². The van der Waals surface area contributed by atoms with Crippen LogP contribution in [-0.4, -0.2) is 65.0 Å². The van der Waals surface area contributed by atoms with E-state index in [1.807, 2.05) is 20.8 Å². The van der Waals surface area contributed by atoms with E-state index in [2.05, 4.69) is 15.3 Å². The molecule has 1 N–H and O–H groups in total. The molecule has 10 nitrogen and oxygen atoms in total. The lowest BCUT2D eigenvalue weighted by Gasteiger charge is -2.28. The molecular weight excluding hydrogens is 586 g/mol. The molecular formula is C33H43F2N4O6-. The second kappa shape index (κ2) is 13.4. The minimum Gasteiger partial charge on any atom is -0.857 e. The number of methoxy groups -OCH3 is 1. The fourth-order valence-corrected chi connectivity index (χ4v) is 7.30. The van der Waals surface area contributed by atoms with Gasteiger partial charge in [-0.25, -0.2) is 9.78 Å². The molecule has 1 aliphatic heterocycles. The van der Waals surface area contributed by atoms with Gasteiger partial charge in [0.1, 0.15) is 24.1 Å². The Bertz CT molecular complexity index is 1420. The number of alkyl carbamates (subject to hydrolysis) is 1. The van der Waals surface area contributed by atoms with Crippen LogP contribution in [0.2, 0.25) is 0 Å². The molecule has 1 saturated heterocycles. The number of hydrogen-bond acceptors (Lipinski definition) is 8. The third kappa shape index (κ3) is 7.14. The highest BCUT2D eigenvalue weighted by molar-refractivity contribution is 5.92. The first-order chi connectivity index (χ1) is 21.4. The van der Waals surface area contributed by atoms with Gasteiger partial charge in [-0.3, -0.25) is 14.6 Å². The zero-order valence-electron chi connectivity index (χ0n) is 26.4. The van der Waals surface area contributed by atoms with Crippen molar-refractivity contribution in [1.29, 1.82) is 0 Å². The molecule has 1 aromatic carbocycles. The van der Waals surface area contributed by atoms with Crippen LogP contribution in [0.5, 0.6) is 11.6 Å². The van der Waals surface area contributed by atoms with Gasteiger partial charge in [-0.2, -0.15) is 8.78 Å². The first-order valence-corrected chi connectivity index (χ1v) is 16.1. The number of hydrogen-bond donors (Lipinski definition) is 1. The number of nitrogens with one attached hydrogen (secondary N) is 1. The Labute approximate surface area is 262 Å². The SMILES string of the molecule is CCC1CCN(C(=O)CNC(=O)OC2CC3CC3[C@H]2CCCCC(F)(F)c2nc3ccc(OC)cc3nc2[O-])[C@@H]1C(=O)C(C)C. The quantitative estimate of drug-likeness (QED) is 0.307. The Morgan fingerprint density at radius 1 is 1.16 bits per heavy atom. The summed E-state index contributed by atoms with van der Waals surface area (Å²) in [4.78, 5) is 47.8. The molecule has 4 unspecified atom stereocenters. The highest BCUT2D eigenvalue weighted by Crippen LogP contribution is 2.57. The number of rotatable bonds is 13. The summed E-state index contributed by atoms with van der Waals surface area (Å²) in [5.74, 6) is -3.42. The number of carbonyl (C=O) groups is 3. The third-order valence-electron chi connectivity index (χ3n) is 9.87. The average molecular weight is 630 g/mol. The number of unbranched alkanes of at least 4 members (excludes halogenated alkanes) is 1. The average Bonchev–Trinajstić information content (AvgIpc) is 3.49. The predicted octanol–water partition coefficient (Wildman–Crippen LogP) is 4.97. The number of halogens is 2. The lowest BCUT2D eigenvalue weighted by Crippen LogP contribution is -2.48. The summed E-state index contributed by atoms with van der Waals surface area (Å²) in [6, 6.07) is 4.09. The molecule has 1 aromatic heterocycles. The number of fused-ring (bicyclic) bond motifs is 2. The van der Waals surface area contributed by atoms with Crippen LogP contribution in [0.4, 0.5) is 13.6 Å². The van der Waals surface area contributed by atoms with Gasteiger partial charge in [0.25, 0.3) is 5.92 Å². The van der Waals surface area contributed by atoms with E-state index in [9.17, 15) is 19.5 Å². The van der Waals surface area contributed by atoms with Crippen LogP contribution in [0, 0.1) is 29.6 Å². The number of ketones is 1. The number of nitrogens with zero attached hydrogens (tertiary/aromatic N) is 3. The molecule has 2 aliphatic carbocycles. The number of Topliss-reactive ketones (excluding diaryl/α,β-unsaturated/α-hetero) is 1. The van der Waals surface area contributed by atoms with Crippen molar-refractivity contribution in [3.63, 3.8) is 0 Å². The summed E-state index contributed by atoms with van der Waals surface area (Å²) in [6.45, 7) is 5.93. The summed E-state index contributed by atoms with van der Waals surface area (Å²) in [6.07, 6.45) is 3.03. The number of carbonyl (C=O) groups excluding carboxylic acids is 3. The van der Waals surface area contributed by atoms with E-state index in [1.54, 1.807) is 11.0 Å². The monoisotopic (exact) mass is 629 g/mol. The predicted molar refractivity (Wildman–Crippen MR) is 160 cm³/mol. The summed E-state index contributed by atoms with van der Waals surface area (Å²) >= 11 is 0. The van der Waals surface area contributed by atoms with E-state index in [0.717, 1.165) is 25.7 Å². The van der Waals surface area contributed by atoms with Gasteiger partial charge in [-0.1, -0.05) is 33.6 Å². The highest BCUT2D eigenvalue weighted by atomic mass is 19.3. The Balaban J connectivity index is 1.10. The second-order valence-electron chi connectivity index (χ2n) is 13.1. The van der Waals surface area contributed by atoms with Crippen LogP contribution in [0.15, 0.2) is 18.2 Å². The molecule has 2 saturated carbocycles. The molecule has 0 bridgehead atoms. The molecule has 2 amide bonds. The Morgan fingerprint density at radius 3 is 2.64 bits per heavy atom. The molecule has 12 heteroatoms. The number of amides is 2. The van der Waals surface area contributed by atoms with E-state index in [0.29, 0.717) is 37.0 Å². The van der Waals surface area contributed by atoms with Gasteiger partial charge in [0.2, 0.25) is 5.91 Å². The van der Waals surface area contributed by atoms with Gasteiger partial charge in [0.15, 0.2) is 5.78 Å². The summed E-state index contributed by atoms with van der Waals surface area (Å²) in [5, 5.41) is 15.0. The van der Waals surface area contributed by atoms with Gasteiger partial charge in [0, 0.05) is 30.8 Å². The van der Waals surface area contributed by atoms with Crippen molar-refractivity contribution in [2.75, 3.05) is 20.2 Å². The maximum Gasteiger partial charge on any atom is 0.407 e. The largest absolute Gasteiger partial charge is 0.857 e. The zero-order chi connectivity index (χ0) is 32.5. The Hall–Kier alpha value is -3.57. The lowest BCUT2D eigenvalue weighted by atomic mass is 9.89. The van der Waals surface area contributed by atoms with Crippen molar-refractivity contribution in [2.45, 2.75) is 90.2 Å². The van der Waals surface area contributed by atoms with Crippen LogP contribution in [0.1, 0.15) is 77.8 Å². The topological polar surface area (TPSA) is 134 Å². The molecule has 0 radical (unpaired) electrons. The Kier molecular flexibility index (Phi) is 9.79. The van der Waals surface area contributed by atoms with Gasteiger partial charge in [0.05, 0.1) is 24.2 Å². The van der Waals surface area contributed by atoms with E-state index in [1.165, 1.54) is 19.2 Å². The fourth-order valence-electron chi connectivity index (χ4n) is 7.30. The van der Waals surface area contributed by atoms with E-state index in [4.69, 9.17) is 9.47 Å². The van der Waals surface area contributed by atoms with Crippen LogP contribution in [-0.2, 0) is 20.2 Å². The number of aromatic nitrogens is 2. The van der Waals surface area contributed by atoms with Gasteiger partial charge >= 0.3 is 6.09 Å². The molecule has 0 spiro atoms. The van der Waals surface area contributed by atoms with E-state index in [-0.39, 0.29) is 59.5 Å². The van der Waals surface area contributed by atoms with Crippen LogP contribution < -0.4 is 15.2 Å². The van der Waals surface area contributed by atoms with Crippen molar-refractivity contribution in [3.8, 4) is 11.6 Å². The van der Waals surface area contributed by atoms with Crippen LogP contribution in [0.25, 0.3) is 11.0 Å². The van der Waals surface area contributed by atoms with Crippen LogP contribution >= 0.6 is 0 Å². The van der Waals surface area contributed by atoms with Crippen molar-refractivity contribution < 1.29 is 37.7 Å². The number of alkyl halides is 2. The summed E-state index contributed by atoms with van der Waals surface area (Å²) in [5.41, 5.74) is -0.454. The molecule has 2 heterocycles. The smallest absolute Gasteiger partial charge is 0.407 e. The molecule has 45 heavy (non-hydrogen) atoms. The maximum absolute atomic E-state index is 15.1. The second-order valence-corrected chi connectivity index (χ2v) is 13.1. The normalized spacial score (nSPS) is 25.8. The first-order valence-electron chi connectivity index (χ1n) is 16.1. The third-order valence-corrected chi connectivity index (χ3v) is 9.87. The standard InChI is InChI=1S/C33H44F2N4O6/c1-5-19-11-13-39(28(19)29(41)18(2)3)27(40)17-36-32(43)45-26-15-20-14-23(20)22(26)8-6-7-12-33(34,35)30-31(42)38-25-16-21(44-4)9-10-24(25)37-30/h9-10,16,18-20,22-23,26,28H,5-8,11-15,17H2,1-4H3,(H,36,43)(H,38,42)/p-1/t19?,20?,22-,23?,26?,28+/m1/s1. The fraction of sp³-hybridized carbons (Fsp3) is 0.667. The molecule has 5 rings (SSSR count). The first kappa shape index (κ1) is 32.8. The summed E-state index contributed by atoms with van der Waals surface area (Å²) < 4.78 is 41.0. The maximum atomic E-state index is 15.1. The van der Waals surface area contributed by atoms with Crippen molar-refractivity contribution >= 4 is 28.8 Å². The van der Waals surface area contributed by atoms with Gasteiger partial charge in [-0.05, 0) is 67.9 Å². The van der Waals surface area contributed by atoms with Gasteiger partial charge < -0.3 is 24.8 Å². The molecule has 2 aromatic rings.